The molecule has 0 N–H and O–H groups in total. The number of carbonyl (C=O) groups is 1. The summed E-state index contributed by atoms with van der Waals surface area (Å²) in [4.78, 5) is 21.0. The van der Waals surface area contributed by atoms with Crippen LogP contribution in [0.5, 0.6) is 5.75 Å². The summed E-state index contributed by atoms with van der Waals surface area (Å²) in [6, 6.07) is 16.6. The average molecular weight is 549 g/mol. The summed E-state index contributed by atoms with van der Waals surface area (Å²) in [5, 5.41) is 1.15. The standard InChI is InChI=1S/C28H33N3O4.2ClH/c1-21-26(9-6-23-3-2-12-29-27(21)23)22-4-7-24(8-5-22)35-25-10-13-31(14-11-25)28(32)34-20-17-30-15-18-33-19-16-30;;/h2-9,12,25H,10-11,13-20H2,1H3;2*1H. The molecular weight excluding hydrogens is 513 g/mol. The first-order valence-corrected chi connectivity index (χ1v) is 12.5. The van der Waals surface area contributed by atoms with Crippen LogP contribution in [-0.2, 0) is 9.47 Å². The van der Waals surface area contributed by atoms with Crippen molar-refractivity contribution in [1.82, 2.24) is 14.8 Å². The molecule has 3 heterocycles. The molecule has 2 aromatic carbocycles. The van der Waals surface area contributed by atoms with E-state index in [0.717, 1.165) is 67.9 Å². The Morgan fingerprint density at radius 1 is 1.00 bits per heavy atom. The number of piperidine rings is 1. The van der Waals surface area contributed by atoms with Gasteiger partial charge < -0.3 is 19.1 Å². The van der Waals surface area contributed by atoms with Crippen molar-refractivity contribution < 1.29 is 19.0 Å². The Morgan fingerprint density at radius 3 is 2.46 bits per heavy atom. The number of pyridine rings is 1. The summed E-state index contributed by atoms with van der Waals surface area (Å²) >= 11 is 0. The fraction of sp³-hybridized carbons (Fsp3) is 0.429. The summed E-state index contributed by atoms with van der Waals surface area (Å²) in [6.07, 6.45) is 3.32. The summed E-state index contributed by atoms with van der Waals surface area (Å²) in [5.41, 5.74) is 4.55. The zero-order valence-corrected chi connectivity index (χ0v) is 22.8. The van der Waals surface area contributed by atoms with E-state index in [1.807, 2.05) is 24.4 Å². The normalized spacial score (nSPS) is 16.5. The number of aromatic nitrogens is 1. The maximum absolute atomic E-state index is 12.4. The number of benzene rings is 2. The fourth-order valence-electron chi connectivity index (χ4n) is 4.84. The number of nitrogens with zero attached hydrogens (tertiary/aromatic N) is 3. The molecule has 0 aliphatic carbocycles. The van der Waals surface area contributed by atoms with Crippen molar-refractivity contribution in [1.29, 1.82) is 0 Å². The number of halogens is 2. The van der Waals surface area contributed by atoms with E-state index in [1.165, 1.54) is 11.1 Å². The Hall–Kier alpha value is -2.58. The summed E-state index contributed by atoms with van der Waals surface area (Å²) in [6.45, 7) is 7.94. The maximum Gasteiger partial charge on any atom is 0.409 e. The number of ether oxygens (including phenoxy) is 3. The van der Waals surface area contributed by atoms with Gasteiger partial charge in [-0.1, -0.05) is 30.3 Å². The zero-order valence-electron chi connectivity index (χ0n) is 21.1. The largest absolute Gasteiger partial charge is 0.490 e. The van der Waals surface area contributed by atoms with Gasteiger partial charge in [0.25, 0.3) is 0 Å². The quantitative estimate of drug-likeness (QED) is 0.413. The monoisotopic (exact) mass is 547 g/mol. The van der Waals surface area contributed by atoms with Gasteiger partial charge in [-0.2, -0.15) is 0 Å². The van der Waals surface area contributed by atoms with Crippen LogP contribution in [0.4, 0.5) is 4.79 Å². The minimum absolute atomic E-state index is 0. The lowest BCUT2D eigenvalue weighted by Gasteiger charge is -2.32. The van der Waals surface area contributed by atoms with Gasteiger partial charge in [-0.3, -0.25) is 9.88 Å². The van der Waals surface area contributed by atoms with Crippen LogP contribution >= 0.6 is 24.8 Å². The molecule has 7 nitrogen and oxygen atoms in total. The second kappa shape index (κ2) is 13.8. The molecule has 3 aromatic rings. The number of morpholine rings is 1. The molecule has 0 saturated carbocycles. The van der Waals surface area contributed by atoms with Gasteiger partial charge in [-0.15, -0.1) is 24.8 Å². The highest BCUT2D eigenvalue weighted by atomic mass is 35.5. The Bertz CT molecular complexity index is 1150. The van der Waals surface area contributed by atoms with E-state index in [1.54, 1.807) is 4.90 Å². The number of carbonyl (C=O) groups excluding carboxylic acids is 1. The molecule has 5 rings (SSSR count). The van der Waals surface area contributed by atoms with Crippen molar-refractivity contribution in [3.63, 3.8) is 0 Å². The molecule has 1 aromatic heterocycles. The van der Waals surface area contributed by atoms with Crippen LogP contribution in [-0.4, -0.2) is 79.5 Å². The Labute approximate surface area is 230 Å². The predicted octanol–water partition coefficient (Wildman–Crippen LogP) is 5.37. The molecule has 2 aliphatic rings. The first-order chi connectivity index (χ1) is 17.2. The number of likely N-dealkylation sites (tertiary alicyclic amines) is 1. The van der Waals surface area contributed by atoms with Crippen LogP contribution in [0.15, 0.2) is 54.7 Å². The van der Waals surface area contributed by atoms with Crippen molar-refractivity contribution in [2.75, 3.05) is 52.5 Å². The molecule has 2 aliphatic heterocycles. The van der Waals surface area contributed by atoms with Gasteiger partial charge in [0.05, 0.1) is 18.7 Å². The van der Waals surface area contributed by atoms with E-state index in [9.17, 15) is 4.79 Å². The van der Waals surface area contributed by atoms with Crippen LogP contribution in [0.2, 0.25) is 0 Å². The highest BCUT2D eigenvalue weighted by Crippen LogP contribution is 2.30. The van der Waals surface area contributed by atoms with Gasteiger partial charge in [-0.25, -0.2) is 4.79 Å². The molecule has 0 atom stereocenters. The van der Waals surface area contributed by atoms with E-state index in [2.05, 4.69) is 47.1 Å². The van der Waals surface area contributed by atoms with Crippen molar-refractivity contribution >= 4 is 41.8 Å². The van der Waals surface area contributed by atoms with Gasteiger partial charge >= 0.3 is 6.09 Å². The predicted molar refractivity (Wildman–Crippen MR) is 150 cm³/mol. The van der Waals surface area contributed by atoms with E-state index >= 15 is 0 Å². The number of hydrogen-bond donors (Lipinski definition) is 0. The Kier molecular flexibility index (Phi) is 10.8. The SMILES string of the molecule is Cc1c(-c2ccc(OC3CCN(C(=O)OCCN4CCOCC4)CC3)cc2)ccc2cccnc12.Cl.Cl. The minimum Gasteiger partial charge on any atom is -0.490 e. The van der Waals surface area contributed by atoms with E-state index in [4.69, 9.17) is 14.2 Å². The van der Waals surface area contributed by atoms with Crippen molar-refractivity contribution in [3.05, 3.63) is 60.3 Å². The zero-order chi connectivity index (χ0) is 24.0. The maximum atomic E-state index is 12.4. The van der Waals surface area contributed by atoms with E-state index < -0.39 is 0 Å². The number of fused-ring (bicyclic) bond motifs is 1. The first kappa shape index (κ1) is 29.0. The average Bonchev–Trinajstić information content (AvgIpc) is 2.91. The third-order valence-corrected chi connectivity index (χ3v) is 6.93. The molecule has 37 heavy (non-hydrogen) atoms. The van der Waals surface area contributed by atoms with Crippen molar-refractivity contribution in [2.45, 2.75) is 25.9 Å². The van der Waals surface area contributed by atoms with Crippen molar-refractivity contribution in [3.8, 4) is 16.9 Å². The van der Waals surface area contributed by atoms with Gasteiger partial charge in [0.1, 0.15) is 18.5 Å². The van der Waals surface area contributed by atoms with Gasteiger partial charge in [0.2, 0.25) is 0 Å². The molecule has 0 unspecified atom stereocenters. The van der Waals surface area contributed by atoms with E-state index in [0.29, 0.717) is 19.7 Å². The number of aryl methyl sites for hydroxylation is 1. The lowest BCUT2D eigenvalue weighted by atomic mass is 9.98. The van der Waals surface area contributed by atoms with Gasteiger partial charge in [-0.05, 0) is 41.8 Å². The third-order valence-electron chi connectivity index (χ3n) is 6.93. The summed E-state index contributed by atoms with van der Waals surface area (Å²) < 4.78 is 17.1. The van der Waals surface area contributed by atoms with Crippen molar-refractivity contribution in [2.24, 2.45) is 0 Å². The number of rotatable bonds is 6. The first-order valence-electron chi connectivity index (χ1n) is 12.5. The topological polar surface area (TPSA) is 64.1 Å². The summed E-state index contributed by atoms with van der Waals surface area (Å²) in [7, 11) is 0. The van der Waals surface area contributed by atoms with Crippen LogP contribution in [0.3, 0.4) is 0 Å². The molecule has 0 bridgehead atoms. The second-order valence-electron chi connectivity index (χ2n) is 9.21. The van der Waals surface area contributed by atoms with Gasteiger partial charge in [0, 0.05) is 57.1 Å². The number of hydrogen-bond acceptors (Lipinski definition) is 6. The highest BCUT2D eigenvalue weighted by molar-refractivity contribution is 5.88. The van der Waals surface area contributed by atoms with Crippen LogP contribution in [0.25, 0.3) is 22.0 Å². The lowest BCUT2D eigenvalue weighted by Crippen LogP contribution is -2.43. The Morgan fingerprint density at radius 2 is 1.73 bits per heavy atom. The molecule has 9 heteroatoms. The molecule has 2 saturated heterocycles. The van der Waals surface area contributed by atoms with Crippen LogP contribution in [0, 0.1) is 6.92 Å². The molecular formula is C28H35Cl2N3O4. The molecule has 0 radical (unpaired) electrons. The Balaban J connectivity index is 0.00000190. The number of amides is 1. The molecule has 0 spiro atoms. The minimum atomic E-state index is -0.221. The lowest BCUT2D eigenvalue weighted by molar-refractivity contribution is 0.0220. The van der Waals surface area contributed by atoms with Crippen LogP contribution < -0.4 is 4.74 Å². The van der Waals surface area contributed by atoms with Crippen LogP contribution in [0.1, 0.15) is 18.4 Å². The highest BCUT2D eigenvalue weighted by Gasteiger charge is 2.25. The molecule has 200 valence electrons. The third kappa shape index (κ3) is 7.26. The summed E-state index contributed by atoms with van der Waals surface area (Å²) in [5.74, 6) is 0.858. The fourth-order valence-corrected chi connectivity index (χ4v) is 4.84. The molecule has 1 amide bonds. The molecule has 2 fully saturated rings. The smallest absolute Gasteiger partial charge is 0.409 e. The second-order valence-corrected chi connectivity index (χ2v) is 9.21. The van der Waals surface area contributed by atoms with Gasteiger partial charge in [0.15, 0.2) is 0 Å². The van der Waals surface area contributed by atoms with E-state index in [-0.39, 0.29) is 37.0 Å².